The minimum Gasteiger partial charge on any atom is -0.393 e. The zero-order chi connectivity index (χ0) is 9.97. The van der Waals surface area contributed by atoms with Crippen LogP contribution in [0.25, 0.3) is 0 Å². The summed E-state index contributed by atoms with van der Waals surface area (Å²) in [5.74, 6) is 0.0295. The van der Waals surface area contributed by atoms with Crippen LogP contribution in [0.15, 0.2) is 18.3 Å². The van der Waals surface area contributed by atoms with Gasteiger partial charge in [0.05, 0.1) is 6.10 Å². The highest BCUT2D eigenvalue weighted by Crippen LogP contribution is 2.12. The predicted octanol–water partition coefficient (Wildman–Crippen LogP) is 0.612. The monoisotopic (exact) mass is 194 g/mol. The van der Waals surface area contributed by atoms with Crippen LogP contribution in [0, 0.1) is 0 Å². The Labute approximate surface area is 82.5 Å². The molecule has 1 aliphatic rings. The molecule has 1 amide bonds. The summed E-state index contributed by atoms with van der Waals surface area (Å²) in [5.41, 5.74) is 0.626. The van der Waals surface area contributed by atoms with E-state index in [0.29, 0.717) is 31.6 Å². The first-order chi connectivity index (χ1) is 6.77. The zero-order valence-electron chi connectivity index (χ0n) is 7.94. The van der Waals surface area contributed by atoms with Gasteiger partial charge in [-0.1, -0.05) is 0 Å². The second-order valence-electron chi connectivity index (χ2n) is 3.61. The van der Waals surface area contributed by atoms with Crippen LogP contribution in [-0.4, -0.2) is 40.1 Å². The standard InChI is InChI=1S/C10H14N2O2/c13-8-3-6-12(7-4-8)10(14)9-2-1-5-11-9/h1-2,5,8,11,13H,3-4,6-7H2. The molecule has 0 aliphatic carbocycles. The van der Waals surface area contributed by atoms with E-state index >= 15 is 0 Å². The fourth-order valence-electron chi connectivity index (χ4n) is 1.70. The van der Waals surface area contributed by atoms with Crippen LogP contribution in [-0.2, 0) is 0 Å². The molecule has 0 radical (unpaired) electrons. The minimum atomic E-state index is -0.234. The lowest BCUT2D eigenvalue weighted by Gasteiger charge is -2.29. The summed E-state index contributed by atoms with van der Waals surface area (Å²) in [6, 6.07) is 3.58. The number of nitrogens with one attached hydrogen (secondary N) is 1. The lowest BCUT2D eigenvalue weighted by molar-refractivity contribution is 0.0542. The Hall–Kier alpha value is -1.29. The summed E-state index contributed by atoms with van der Waals surface area (Å²) >= 11 is 0. The van der Waals surface area contributed by atoms with Gasteiger partial charge in [0, 0.05) is 19.3 Å². The third-order valence-corrected chi connectivity index (χ3v) is 2.58. The average molecular weight is 194 g/mol. The van der Waals surface area contributed by atoms with Gasteiger partial charge in [-0.2, -0.15) is 0 Å². The maximum atomic E-state index is 11.8. The van der Waals surface area contributed by atoms with E-state index in [4.69, 9.17) is 0 Å². The molecule has 0 saturated carbocycles. The van der Waals surface area contributed by atoms with Crippen molar-refractivity contribution in [1.29, 1.82) is 0 Å². The summed E-state index contributed by atoms with van der Waals surface area (Å²) in [7, 11) is 0. The van der Waals surface area contributed by atoms with Crippen LogP contribution in [0.1, 0.15) is 23.3 Å². The highest BCUT2D eigenvalue weighted by molar-refractivity contribution is 5.92. The van der Waals surface area contributed by atoms with E-state index in [0.717, 1.165) is 0 Å². The molecule has 0 unspecified atom stereocenters. The molecule has 2 heterocycles. The van der Waals surface area contributed by atoms with Crippen LogP contribution >= 0.6 is 0 Å². The van der Waals surface area contributed by atoms with Crippen molar-refractivity contribution in [2.45, 2.75) is 18.9 Å². The molecule has 0 atom stereocenters. The number of aliphatic hydroxyl groups is 1. The fraction of sp³-hybridized carbons (Fsp3) is 0.500. The van der Waals surface area contributed by atoms with Crippen molar-refractivity contribution in [3.8, 4) is 0 Å². The summed E-state index contributed by atoms with van der Waals surface area (Å²) in [6.07, 6.45) is 2.88. The Morgan fingerprint density at radius 3 is 2.79 bits per heavy atom. The molecule has 0 bridgehead atoms. The normalized spacial score (nSPS) is 18.5. The topological polar surface area (TPSA) is 56.3 Å². The number of hydrogen-bond acceptors (Lipinski definition) is 2. The largest absolute Gasteiger partial charge is 0.393 e. The molecule has 0 spiro atoms. The van der Waals surface area contributed by atoms with E-state index in [2.05, 4.69) is 4.98 Å². The number of amides is 1. The number of carbonyl (C=O) groups is 1. The highest BCUT2D eigenvalue weighted by Gasteiger charge is 2.22. The quantitative estimate of drug-likeness (QED) is 0.688. The van der Waals surface area contributed by atoms with Crippen molar-refractivity contribution < 1.29 is 9.90 Å². The summed E-state index contributed by atoms with van der Waals surface area (Å²) in [6.45, 7) is 1.30. The van der Waals surface area contributed by atoms with Crippen LogP contribution < -0.4 is 0 Å². The maximum absolute atomic E-state index is 11.8. The van der Waals surface area contributed by atoms with Gasteiger partial charge in [0.15, 0.2) is 0 Å². The van der Waals surface area contributed by atoms with E-state index in [1.165, 1.54) is 0 Å². The Morgan fingerprint density at radius 2 is 2.21 bits per heavy atom. The van der Waals surface area contributed by atoms with Crippen molar-refractivity contribution in [2.75, 3.05) is 13.1 Å². The molecule has 1 saturated heterocycles. The molecule has 1 aromatic rings. The van der Waals surface area contributed by atoms with E-state index in [9.17, 15) is 9.90 Å². The molecule has 1 aliphatic heterocycles. The number of piperidine rings is 1. The molecule has 4 heteroatoms. The van der Waals surface area contributed by atoms with Crippen LogP contribution in [0.3, 0.4) is 0 Å². The van der Waals surface area contributed by atoms with Crippen LogP contribution in [0.5, 0.6) is 0 Å². The Balaban J connectivity index is 1.99. The van der Waals surface area contributed by atoms with Gasteiger partial charge in [-0.3, -0.25) is 4.79 Å². The number of aromatic nitrogens is 1. The van der Waals surface area contributed by atoms with E-state index in [-0.39, 0.29) is 12.0 Å². The first kappa shape index (κ1) is 9.27. The first-order valence-electron chi connectivity index (χ1n) is 4.88. The van der Waals surface area contributed by atoms with E-state index in [1.807, 2.05) is 6.07 Å². The molecule has 1 fully saturated rings. The molecule has 0 aromatic carbocycles. The molecule has 4 nitrogen and oxygen atoms in total. The number of nitrogens with zero attached hydrogens (tertiary/aromatic N) is 1. The molecule has 14 heavy (non-hydrogen) atoms. The molecule has 76 valence electrons. The van der Waals surface area contributed by atoms with Crippen molar-refractivity contribution in [3.63, 3.8) is 0 Å². The van der Waals surface area contributed by atoms with Gasteiger partial charge in [0.2, 0.25) is 0 Å². The lowest BCUT2D eigenvalue weighted by atomic mass is 10.1. The van der Waals surface area contributed by atoms with Crippen molar-refractivity contribution in [1.82, 2.24) is 9.88 Å². The first-order valence-corrected chi connectivity index (χ1v) is 4.88. The third-order valence-electron chi connectivity index (χ3n) is 2.58. The molecular weight excluding hydrogens is 180 g/mol. The van der Waals surface area contributed by atoms with Crippen molar-refractivity contribution in [3.05, 3.63) is 24.0 Å². The van der Waals surface area contributed by atoms with Gasteiger partial charge < -0.3 is 15.0 Å². The SMILES string of the molecule is O=C(c1ccc[nH]1)N1CCC(O)CC1. The average Bonchev–Trinajstić information content (AvgIpc) is 2.71. The Kier molecular flexibility index (Phi) is 2.54. The van der Waals surface area contributed by atoms with Gasteiger partial charge in [-0.05, 0) is 25.0 Å². The molecule has 1 aromatic heterocycles. The minimum absolute atomic E-state index is 0.0295. The van der Waals surface area contributed by atoms with Gasteiger partial charge >= 0.3 is 0 Å². The second kappa shape index (κ2) is 3.84. The smallest absolute Gasteiger partial charge is 0.270 e. The number of likely N-dealkylation sites (tertiary alicyclic amines) is 1. The number of carbonyl (C=O) groups excluding carboxylic acids is 1. The van der Waals surface area contributed by atoms with E-state index in [1.54, 1.807) is 17.2 Å². The number of aliphatic hydroxyl groups excluding tert-OH is 1. The van der Waals surface area contributed by atoms with Crippen LogP contribution in [0.2, 0.25) is 0 Å². The van der Waals surface area contributed by atoms with E-state index < -0.39 is 0 Å². The second-order valence-corrected chi connectivity index (χ2v) is 3.61. The third kappa shape index (κ3) is 1.80. The summed E-state index contributed by atoms with van der Waals surface area (Å²) in [5, 5.41) is 9.29. The maximum Gasteiger partial charge on any atom is 0.270 e. The number of H-pyrrole nitrogens is 1. The summed E-state index contributed by atoms with van der Waals surface area (Å²) in [4.78, 5) is 16.4. The van der Waals surface area contributed by atoms with Gasteiger partial charge in [0.25, 0.3) is 5.91 Å². The molecular formula is C10H14N2O2. The van der Waals surface area contributed by atoms with Gasteiger partial charge in [-0.15, -0.1) is 0 Å². The van der Waals surface area contributed by atoms with Crippen LogP contribution in [0.4, 0.5) is 0 Å². The summed E-state index contributed by atoms with van der Waals surface area (Å²) < 4.78 is 0. The molecule has 2 rings (SSSR count). The van der Waals surface area contributed by atoms with Crippen molar-refractivity contribution in [2.24, 2.45) is 0 Å². The Morgan fingerprint density at radius 1 is 1.50 bits per heavy atom. The van der Waals surface area contributed by atoms with Gasteiger partial charge in [-0.25, -0.2) is 0 Å². The Bertz CT molecular complexity index is 300. The molecule has 2 N–H and O–H groups in total. The highest BCUT2D eigenvalue weighted by atomic mass is 16.3. The number of hydrogen-bond donors (Lipinski definition) is 2. The van der Waals surface area contributed by atoms with Gasteiger partial charge in [0.1, 0.15) is 5.69 Å². The predicted molar refractivity (Wildman–Crippen MR) is 51.9 cm³/mol. The zero-order valence-corrected chi connectivity index (χ0v) is 7.94. The number of aromatic amines is 1. The fourth-order valence-corrected chi connectivity index (χ4v) is 1.70. The number of rotatable bonds is 1. The van der Waals surface area contributed by atoms with Crippen molar-refractivity contribution >= 4 is 5.91 Å². The lowest BCUT2D eigenvalue weighted by Crippen LogP contribution is -2.40.